The van der Waals surface area contributed by atoms with E-state index in [9.17, 15) is 4.79 Å². The Labute approximate surface area is 194 Å². The summed E-state index contributed by atoms with van der Waals surface area (Å²) in [4.78, 5) is 23.3. The zero-order valence-corrected chi connectivity index (χ0v) is 19.3. The van der Waals surface area contributed by atoms with Crippen molar-refractivity contribution in [3.05, 3.63) is 70.4 Å². The van der Waals surface area contributed by atoms with Crippen molar-refractivity contribution in [2.24, 2.45) is 0 Å². The van der Waals surface area contributed by atoms with Gasteiger partial charge >= 0.3 is 0 Å². The fourth-order valence-corrected chi connectivity index (χ4v) is 5.49. The summed E-state index contributed by atoms with van der Waals surface area (Å²) in [6.45, 7) is 3.74. The minimum absolute atomic E-state index is 0.0388. The van der Waals surface area contributed by atoms with Gasteiger partial charge in [-0.15, -0.1) is 21.5 Å². The molecular weight excluding hydrogens is 440 g/mol. The van der Waals surface area contributed by atoms with Gasteiger partial charge in [0.1, 0.15) is 10.7 Å². The highest BCUT2D eigenvalue weighted by molar-refractivity contribution is 7.98. The molecule has 4 heterocycles. The molecule has 3 aromatic heterocycles. The lowest BCUT2D eigenvalue weighted by Crippen LogP contribution is -2.27. The number of nitrogens with zero attached hydrogens (tertiary/aromatic N) is 6. The summed E-state index contributed by atoms with van der Waals surface area (Å²) in [5, 5.41) is 12.5. The van der Waals surface area contributed by atoms with Gasteiger partial charge in [-0.05, 0) is 43.5 Å². The second kappa shape index (κ2) is 9.22. The fourth-order valence-electron chi connectivity index (χ4n) is 3.76. The molecule has 0 radical (unpaired) electrons. The van der Waals surface area contributed by atoms with Crippen molar-refractivity contribution in [3.63, 3.8) is 0 Å². The monoisotopic (exact) mass is 462 g/mol. The average Bonchev–Trinajstić information content (AvgIpc) is 3.59. The number of rotatable bonds is 6. The number of hydrogen-bond acceptors (Lipinski definition) is 7. The lowest BCUT2D eigenvalue weighted by Gasteiger charge is -2.13. The van der Waals surface area contributed by atoms with E-state index in [1.165, 1.54) is 11.3 Å². The van der Waals surface area contributed by atoms with Crippen LogP contribution in [0.3, 0.4) is 0 Å². The molecule has 7 nitrogen and oxygen atoms in total. The van der Waals surface area contributed by atoms with Crippen LogP contribution < -0.4 is 0 Å². The molecule has 1 aliphatic heterocycles. The number of thioether (sulfide) groups is 1. The third-order valence-corrected chi connectivity index (χ3v) is 7.37. The van der Waals surface area contributed by atoms with E-state index in [0.29, 0.717) is 11.4 Å². The molecule has 0 aliphatic carbocycles. The Morgan fingerprint density at radius 3 is 2.75 bits per heavy atom. The number of hydrogen-bond donors (Lipinski definition) is 0. The van der Waals surface area contributed by atoms with Crippen LogP contribution in [0.25, 0.3) is 17.1 Å². The molecule has 1 aromatic carbocycles. The van der Waals surface area contributed by atoms with Gasteiger partial charge in [0.05, 0.1) is 11.4 Å². The molecular formula is C23H22N6OS2. The summed E-state index contributed by atoms with van der Waals surface area (Å²) in [6.07, 6.45) is 5.69. The molecule has 0 unspecified atom stereocenters. The van der Waals surface area contributed by atoms with Crippen LogP contribution in [0.5, 0.6) is 0 Å². The van der Waals surface area contributed by atoms with E-state index < -0.39 is 0 Å². The van der Waals surface area contributed by atoms with E-state index >= 15 is 0 Å². The number of amides is 1. The molecule has 9 heteroatoms. The molecule has 0 atom stereocenters. The Morgan fingerprint density at radius 1 is 1.12 bits per heavy atom. The number of pyridine rings is 1. The lowest BCUT2D eigenvalue weighted by molar-refractivity contribution is 0.0787. The first-order valence-electron chi connectivity index (χ1n) is 10.5. The number of aromatic nitrogens is 5. The second-order valence-electron chi connectivity index (χ2n) is 7.58. The maximum atomic E-state index is 12.6. The van der Waals surface area contributed by atoms with Crippen molar-refractivity contribution >= 4 is 29.0 Å². The summed E-state index contributed by atoms with van der Waals surface area (Å²) in [5.74, 6) is 1.41. The first-order chi connectivity index (χ1) is 15.7. The minimum atomic E-state index is 0.0388. The van der Waals surface area contributed by atoms with Crippen LogP contribution in [-0.4, -0.2) is 48.6 Å². The smallest absolute Gasteiger partial charge is 0.273 e. The molecule has 0 saturated carbocycles. The number of para-hydroxylation sites is 1. The Kier molecular flexibility index (Phi) is 6.00. The highest BCUT2D eigenvalue weighted by Crippen LogP contribution is 2.31. The third kappa shape index (κ3) is 4.18. The summed E-state index contributed by atoms with van der Waals surface area (Å²) in [7, 11) is 0. The minimum Gasteiger partial charge on any atom is -0.337 e. The highest BCUT2D eigenvalue weighted by atomic mass is 32.2. The van der Waals surface area contributed by atoms with Gasteiger partial charge in [0.2, 0.25) is 0 Å². The second-order valence-corrected chi connectivity index (χ2v) is 9.47. The van der Waals surface area contributed by atoms with Crippen LogP contribution in [0, 0.1) is 6.92 Å². The van der Waals surface area contributed by atoms with E-state index in [1.54, 1.807) is 24.2 Å². The Balaban J connectivity index is 1.41. The molecule has 1 saturated heterocycles. The number of likely N-dealkylation sites (tertiary alicyclic amines) is 1. The van der Waals surface area contributed by atoms with E-state index in [1.807, 2.05) is 34.5 Å². The normalized spacial score (nSPS) is 13.6. The van der Waals surface area contributed by atoms with Gasteiger partial charge in [0.25, 0.3) is 5.91 Å². The van der Waals surface area contributed by atoms with E-state index in [2.05, 4.69) is 43.8 Å². The third-order valence-electron chi connectivity index (χ3n) is 5.40. The van der Waals surface area contributed by atoms with Crippen molar-refractivity contribution in [2.75, 3.05) is 13.1 Å². The van der Waals surface area contributed by atoms with Gasteiger partial charge in [-0.2, -0.15) is 0 Å². The van der Waals surface area contributed by atoms with Gasteiger partial charge < -0.3 is 4.90 Å². The Morgan fingerprint density at radius 2 is 1.97 bits per heavy atom. The SMILES string of the molecule is Cc1ccccc1-n1c(SCc2nc(C(=O)N3CCCC3)cs2)nnc1-c1cccnc1. The molecule has 0 bridgehead atoms. The summed E-state index contributed by atoms with van der Waals surface area (Å²) < 4.78 is 2.07. The molecule has 32 heavy (non-hydrogen) atoms. The molecule has 1 aliphatic rings. The first kappa shape index (κ1) is 20.8. The van der Waals surface area contributed by atoms with Crippen molar-refractivity contribution in [2.45, 2.75) is 30.7 Å². The predicted molar refractivity (Wildman–Crippen MR) is 126 cm³/mol. The van der Waals surface area contributed by atoms with Crippen molar-refractivity contribution in [1.82, 2.24) is 29.6 Å². The molecule has 0 spiro atoms. The maximum absolute atomic E-state index is 12.6. The number of thiazole rings is 1. The van der Waals surface area contributed by atoms with Crippen LogP contribution in [0.2, 0.25) is 0 Å². The van der Waals surface area contributed by atoms with Gasteiger partial charge in [-0.25, -0.2) is 4.98 Å². The van der Waals surface area contributed by atoms with Crippen molar-refractivity contribution in [1.29, 1.82) is 0 Å². The summed E-state index contributed by atoms with van der Waals surface area (Å²) in [5.41, 5.74) is 3.61. The van der Waals surface area contributed by atoms with Crippen LogP contribution in [0.4, 0.5) is 0 Å². The van der Waals surface area contributed by atoms with Gasteiger partial charge in [0.15, 0.2) is 11.0 Å². The zero-order valence-electron chi connectivity index (χ0n) is 17.6. The van der Waals surface area contributed by atoms with Gasteiger partial charge in [-0.3, -0.25) is 14.3 Å². The van der Waals surface area contributed by atoms with E-state index in [-0.39, 0.29) is 5.91 Å². The highest BCUT2D eigenvalue weighted by Gasteiger charge is 2.22. The zero-order chi connectivity index (χ0) is 21.9. The number of benzene rings is 1. The summed E-state index contributed by atoms with van der Waals surface area (Å²) >= 11 is 3.09. The molecule has 4 aromatic rings. The van der Waals surface area contributed by atoms with Crippen LogP contribution in [0.1, 0.15) is 33.9 Å². The largest absolute Gasteiger partial charge is 0.337 e. The van der Waals surface area contributed by atoms with E-state index in [4.69, 9.17) is 0 Å². The standard InChI is InChI=1S/C23H22N6OS2/c1-16-7-2-3-9-19(16)29-21(17-8-6-10-24-13-17)26-27-23(29)32-15-20-25-18(14-31-20)22(30)28-11-4-5-12-28/h2-3,6-10,13-14H,4-5,11-12,15H2,1H3. The molecule has 162 valence electrons. The number of carbonyl (C=O) groups excluding carboxylic acids is 1. The molecule has 1 fully saturated rings. The quantitative estimate of drug-likeness (QED) is 0.389. The van der Waals surface area contributed by atoms with Gasteiger partial charge in [0, 0.05) is 36.4 Å². The average molecular weight is 463 g/mol. The Bertz CT molecular complexity index is 1230. The molecule has 5 rings (SSSR count). The fraction of sp³-hybridized carbons (Fsp3) is 0.261. The van der Waals surface area contributed by atoms with Crippen LogP contribution in [0.15, 0.2) is 59.3 Å². The van der Waals surface area contributed by atoms with Gasteiger partial charge in [-0.1, -0.05) is 30.0 Å². The maximum Gasteiger partial charge on any atom is 0.273 e. The van der Waals surface area contributed by atoms with Crippen LogP contribution >= 0.6 is 23.1 Å². The first-order valence-corrected chi connectivity index (χ1v) is 12.4. The van der Waals surface area contributed by atoms with Crippen molar-refractivity contribution in [3.8, 4) is 17.1 Å². The van der Waals surface area contributed by atoms with E-state index in [0.717, 1.165) is 58.7 Å². The lowest BCUT2D eigenvalue weighted by atomic mass is 10.2. The summed E-state index contributed by atoms with van der Waals surface area (Å²) in [6, 6.07) is 12.1. The van der Waals surface area contributed by atoms with Crippen molar-refractivity contribution < 1.29 is 4.79 Å². The molecule has 0 N–H and O–H groups in total. The Hall–Kier alpha value is -3.04. The van der Waals surface area contributed by atoms with Crippen LogP contribution in [-0.2, 0) is 5.75 Å². The predicted octanol–water partition coefficient (Wildman–Crippen LogP) is 4.62. The topological polar surface area (TPSA) is 76.8 Å². The number of aryl methyl sites for hydroxylation is 1. The number of carbonyl (C=O) groups is 1. The molecule has 1 amide bonds.